The van der Waals surface area contributed by atoms with Crippen LogP contribution in [0.1, 0.15) is 182 Å². The monoisotopic (exact) mass is 769 g/mol. The first-order valence-corrected chi connectivity index (χ1v) is 35.3. The Labute approximate surface area is 280 Å². The van der Waals surface area contributed by atoms with E-state index in [0.29, 0.717) is 50.9 Å². The van der Waals surface area contributed by atoms with E-state index in [-0.39, 0.29) is 0 Å². The minimum absolute atomic E-state index is 0.473. The summed E-state index contributed by atoms with van der Waals surface area (Å²) in [5.74, 6) is 0. The molecule has 0 N–H and O–H groups in total. The molecule has 0 fully saturated rings. The third-order valence-corrected chi connectivity index (χ3v) is 125. The molecule has 0 spiro atoms. The number of hydrogen-bond donors (Lipinski definition) is 0. The number of hydrogen-bond acceptors (Lipinski definition) is 2. The van der Waals surface area contributed by atoms with Crippen LogP contribution < -0.4 is 0 Å². The van der Waals surface area contributed by atoms with Gasteiger partial charge in [-0.25, -0.2) is 0 Å². The Kier molecular flexibility index (Phi) is 18.8. The summed E-state index contributed by atoms with van der Waals surface area (Å²) in [6.45, 7) is 45.1. The maximum atomic E-state index is 16.1. The van der Waals surface area contributed by atoms with Gasteiger partial charge in [-0.3, -0.25) is 0 Å². The van der Waals surface area contributed by atoms with Crippen molar-refractivity contribution in [3.8, 4) is 0 Å². The predicted molar refractivity (Wildman–Crippen MR) is 216 cm³/mol. The average Bonchev–Trinajstić information content (AvgIpc) is 3.06. The topological polar surface area (TPSA) is 34.1 Å². The summed E-state index contributed by atoms with van der Waals surface area (Å²) in [6.07, 6.45) is 9.97. The molecule has 0 saturated carbocycles. The van der Waals surface area contributed by atoms with Crippen LogP contribution in [-0.4, -0.2) is 60.7 Å². The van der Waals surface area contributed by atoms with E-state index in [1.807, 2.05) is 9.76 Å². The van der Waals surface area contributed by atoms with E-state index in [2.05, 4.69) is 125 Å². The van der Waals surface area contributed by atoms with E-state index < -0.39 is 28.9 Å². The quantitative estimate of drug-likeness (QED) is 0.0589. The molecule has 44 heavy (non-hydrogen) atoms. The van der Waals surface area contributed by atoms with Crippen molar-refractivity contribution < 1.29 is 21.7 Å². The van der Waals surface area contributed by atoms with E-state index in [1.165, 1.54) is 0 Å². The Morgan fingerprint density at radius 2 is 0.455 bits per heavy atom. The summed E-state index contributed by atoms with van der Waals surface area (Å²) in [4.78, 5) is 35.7. The summed E-state index contributed by atoms with van der Waals surface area (Å²) >= 11 is -4.84. The van der Waals surface area contributed by atoms with Gasteiger partial charge in [-0.15, -0.1) is 0 Å². The van der Waals surface area contributed by atoms with Crippen LogP contribution >= 0.6 is 16.8 Å². The molecule has 0 heterocycles. The molecule has 0 rings (SSSR count). The molecule has 0 aliphatic rings. The molecule has 0 amide bonds. The normalized spacial score (nSPS) is 21.8. The Bertz CT molecular complexity index is 691. The molecule has 0 aromatic rings. The summed E-state index contributed by atoms with van der Waals surface area (Å²) in [5, 5.41) is 0. The first kappa shape index (κ1) is 45.3. The molecule has 0 saturated heterocycles. The molecule has 0 aromatic heterocycles. The van der Waals surface area contributed by atoms with Gasteiger partial charge in [0, 0.05) is 0 Å². The molecule has 0 aromatic carbocycles. The minimum atomic E-state index is -4.84. The van der Waals surface area contributed by atoms with E-state index in [0.717, 1.165) is 57.8 Å². The van der Waals surface area contributed by atoms with Gasteiger partial charge in [0.2, 0.25) is 0 Å². The van der Waals surface area contributed by atoms with Crippen LogP contribution in [0.15, 0.2) is 0 Å². The van der Waals surface area contributed by atoms with Crippen molar-refractivity contribution in [2.45, 2.75) is 233 Å². The molecule has 0 bridgehead atoms. The van der Waals surface area contributed by atoms with Crippen LogP contribution in [-0.2, 0) is 21.7 Å². The van der Waals surface area contributed by atoms with Crippen LogP contribution in [0.5, 0.6) is 0 Å². The van der Waals surface area contributed by atoms with Gasteiger partial charge in [0.25, 0.3) is 0 Å². The van der Waals surface area contributed by atoms with Gasteiger partial charge in [-0.1, -0.05) is 0 Å². The van der Waals surface area contributed by atoms with Gasteiger partial charge >= 0.3 is 282 Å². The molecule has 0 radical (unpaired) electrons. The molecule has 2 nitrogen and oxygen atoms in total. The fraction of sp³-hybridized carbons (Fsp3) is 0.947. The summed E-state index contributed by atoms with van der Waals surface area (Å²) in [5.41, 5.74) is -3.89. The number of rotatable bonds is 23. The average molecular weight is 769 g/mol. The van der Waals surface area contributed by atoms with E-state index in [1.54, 1.807) is 0 Å². The molecule has 0 aliphatic heterocycles. The van der Waals surface area contributed by atoms with Gasteiger partial charge in [0.1, 0.15) is 0 Å². The molecule has 6 heteroatoms. The molecule has 0 aliphatic carbocycles. The third-order valence-electron chi connectivity index (χ3n) is 14.5. The summed E-state index contributed by atoms with van der Waals surface area (Å²) in [7, 11) is 0. The Morgan fingerprint density at radius 3 is 0.523 bits per heavy atom. The number of carbonyl (C=O) groups excluding carboxylic acids is 2. The first-order chi connectivity index (χ1) is 20.5. The van der Waals surface area contributed by atoms with Crippen LogP contribution in [0.25, 0.3) is 0 Å². The maximum absolute atomic E-state index is 16.1. The third kappa shape index (κ3) is 5.62. The molecular formula is C38H86O2P3Ru. The van der Waals surface area contributed by atoms with E-state index >= 15 is 9.59 Å². The summed E-state index contributed by atoms with van der Waals surface area (Å²) < 4.78 is 0. The number of carbonyl (C=O) groups is 2. The summed E-state index contributed by atoms with van der Waals surface area (Å²) in [6, 6.07) is 0. The zero-order valence-corrected chi connectivity index (χ0v) is 38.1. The van der Waals surface area contributed by atoms with Gasteiger partial charge < -0.3 is 0 Å². The standard InChI is InChI=1S/3C12H27P.2CHO.Ru/c3*1-7-10(4)13(11(5)8-2)12(6)9-3;2*1-2;/h3*10-12H,7-9H2,1-6H3;2*1H;/q;;;;;-3/p+3. The van der Waals surface area contributed by atoms with Crippen molar-refractivity contribution in [2.24, 2.45) is 0 Å². The van der Waals surface area contributed by atoms with E-state index in [4.69, 9.17) is 0 Å². The predicted octanol–water partition coefficient (Wildman–Crippen LogP) is 13.2. The van der Waals surface area contributed by atoms with Crippen molar-refractivity contribution >= 4 is 26.5 Å². The zero-order valence-electron chi connectivity index (χ0n) is 33.4. The molecule has 9 atom stereocenters. The van der Waals surface area contributed by atoms with Crippen molar-refractivity contribution in [1.82, 2.24) is 0 Å². The van der Waals surface area contributed by atoms with Crippen LogP contribution in [0.3, 0.4) is 0 Å². The Hall–Kier alpha value is 1.25. The van der Waals surface area contributed by atoms with Gasteiger partial charge in [0.15, 0.2) is 0 Å². The van der Waals surface area contributed by atoms with Crippen LogP contribution in [0.2, 0.25) is 0 Å². The molecular weight excluding hydrogens is 682 g/mol. The van der Waals surface area contributed by atoms with Crippen molar-refractivity contribution in [3.63, 3.8) is 0 Å². The van der Waals surface area contributed by atoms with Gasteiger partial charge in [0.05, 0.1) is 0 Å². The van der Waals surface area contributed by atoms with Crippen molar-refractivity contribution in [2.75, 3.05) is 0 Å². The van der Waals surface area contributed by atoms with Gasteiger partial charge in [-0.05, 0) is 0 Å². The van der Waals surface area contributed by atoms with Crippen LogP contribution in [0.4, 0.5) is 0 Å². The zero-order chi connectivity index (χ0) is 34.9. The van der Waals surface area contributed by atoms with E-state index in [9.17, 15) is 0 Å². The molecule has 273 valence electrons. The Balaban J connectivity index is 10.5. The second-order valence-corrected chi connectivity index (χ2v) is 68.1. The second kappa shape index (κ2) is 18.3. The van der Waals surface area contributed by atoms with Crippen molar-refractivity contribution in [3.05, 3.63) is 0 Å². The fourth-order valence-corrected chi connectivity index (χ4v) is 197. The van der Waals surface area contributed by atoms with Crippen molar-refractivity contribution in [1.29, 1.82) is 0 Å². The SMILES string of the molecule is CCC(C)[PH](C(C)CC)(C(C)CC)[Ru]([CH]=O)([CH]=O)([PH](C(C)CC)(C(C)CC)C(C)CC)[PH](C(C)CC)(C(C)CC)C(C)CC. The fourth-order valence-electron chi connectivity index (χ4n) is 11.8. The Morgan fingerprint density at radius 1 is 0.341 bits per heavy atom. The molecule has 9 unspecified atom stereocenters. The second-order valence-electron chi connectivity index (χ2n) is 15.4. The first-order valence-electron chi connectivity index (χ1n) is 19.2. The van der Waals surface area contributed by atoms with Gasteiger partial charge in [-0.2, -0.15) is 0 Å². The van der Waals surface area contributed by atoms with Crippen LogP contribution in [0, 0.1) is 0 Å².